The third-order valence-corrected chi connectivity index (χ3v) is 4.21. The quantitative estimate of drug-likeness (QED) is 0.801. The molecule has 0 bridgehead atoms. The van der Waals surface area contributed by atoms with Crippen LogP contribution in [0.15, 0.2) is 6.20 Å². The van der Waals surface area contributed by atoms with Crippen molar-refractivity contribution < 1.29 is 19.0 Å². The summed E-state index contributed by atoms with van der Waals surface area (Å²) in [7, 11) is 5.02. The second-order valence-electron chi connectivity index (χ2n) is 5.48. The SMILES string of the molecule is CCn1cc(C(=O)N(C)[C@@H]2COC[C@@H](OC)[C@H]2OC)c(C)n1. The average Bonchev–Trinajstić information content (AvgIpc) is 2.93. The second kappa shape index (κ2) is 7.21. The minimum absolute atomic E-state index is 0.0791. The Morgan fingerprint density at radius 1 is 1.45 bits per heavy atom. The van der Waals surface area contributed by atoms with Crippen LogP contribution < -0.4 is 0 Å². The van der Waals surface area contributed by atoms with Gasteiger partial charge in [0.1, 0.15) is 12.2 Å². The number of hydrogen-bond acceptors (Lipinski definition) is 5. The Hall–Kier alpha value is -1.44. The number of rotatable bonds is 5. The lowest BCUT2D eigenvalue weighted by molar-refractivity contribution is -0.147. The summed E-state index contributed by atoms with van der Waals surface area (Å²) >= 11 is 0. The second-order valence-corrected chi connectivity index (χ2v) is 5.48. The van der Waals surface area contributed by atoms with E-state index in [1.807, 2.05) is 13.8 Å². The summed E-state index contributed by atoms with van der Waals surface area (Å²) in [6.07, 6.45) is 1.39. The first-order chi connectivity index (χ1) is 10.5. The fourth-order valence-electron chi connectivity index (χ4n) is 2.82. The highest BCUT2D eigenvalue weighted by molar-refractivity contribution is 5.95. The van der Waals surface area contributed by atoms with Crippen molar-refractivity contribution in [2.45, 2.75) is 38.6 Å². The first-order valence-electron chi connectivity index (χ1n) is 7.48. The Morgan fingerprint density at radius 2 is 2.18 bits per heavy atom. The van der Waals surface area contributed by atoms with Crippen molar-refractivity contribution in [1.82, 2.24) is 14.7 Å². The number of aromatic nitrogens is 2. The van der Waals surface area contributed by atoms with Gasteiger partial charge in [0.15, 0.2) is 0 Å². The standard InChI is InChI=1S/C15H25N3O4/c1-6-18-7-11(10(2)16-18)15(19)17(3)12-8-22-9-13(20-4)14(12)21-5/h7,12-14H,6,8-9H2,1-5H3/t12-,13-,14+/m1/s1. The summed E-state index contributed by atoms with van der Waals surface area (Å²) in [4.78, 5) is 14.4. The largest absolute Gasteiger partial charge is 0.376 e. The maximum Gasteiger partial charge on any atom is 0.257 e. The molecule has 1 aliphatic rings. The molecule has 0 saturated carbocycles. The number of carbonyl (C=O) groups excluding carboxylic acids is 1. The van der Waals surface area contributed by atoms with Gasteiger partial charge in [0.05, 0.1) is 30.5 Å². The van der Waals surface area contributed by atoms with Gasteiger partial charge in [0.2, 0.25) is 0 Å². The zero-order valence-corrected chi connectivity index (χ0v) is 13.9. The van der Waals surface area contributed by atoms with Crippen molar-refractivity contribution in [2.24, 2.45) is 0 Å². The Kier molecular flexibility index (Phi) is 5.55. The molecule has 0 N–H and O–H groups in total. The van der Waals surface area contributed by atoms with Crippen LogP contribution in [0, 0.1) is 6.92 Å². The molecule has 0 spiro atoms. The molecule has 1 saturated heterocycles. The van der Waals surface area contributed by atoms with E-state index in [2.05, 4.69) is 5.10 Å². The maximum absolute atomic E-state index is 12.8. The molecule has 7 heteroatoms. The molecule has 124 valence electrons. The molecular weight excluding hydrogens is 286 g/mol. The molecule has 0 unspecified atom stereocenters. The van der Waals surface area contributed by atoms with Crippen molar-refractivity contribution in [3.8, 4) is 0 Å². The van der Waals surface area contributed by atoms with Crippen LogP contribution in [0.1, 0.15) is 23.0 Å². The molecule has 3 atom stereocenters. The number of nitrogens with zero attached hydrogens (tertiary/aromatic N) is 3. The third-order valence-electron chi connectivity index (χ3n) is 4.21. The number of aryl methyl sites for hydroxylation is 2. The Balaban J connectivity index is 2.19. The summed E-state index contributed by atoms with van der Waals surface area (Å²) in [5.74, 6) is -0.0791. The molecule has 1 aromatic rings. The van der Waals surface area contributed by atoms with Crippen LogP contribution in [0.5, 0.6) is 0 Å². The van der Waals surface area contributed by atoms with Gasteiger partial charge >= 0.3 is 0 Å². The number of likely N-dealkylation sites (N-methyl/N-ethyl adjacent to an activating group) is 1. The normalized spacial score (nSPS) is 25.2. The van der Waals surface area contributed by atoms with Crippen molar-refractivity contribution in [2.75, 3.05) is 34.5 Å². The number of methoxy groups -OCH3 is 2. The third kappa shape index (κ3) is 3.16. The first-order valence-corrected chi connectivity index (χ1v) is 7.48. The maximum atomic E-state index is 12.8. The molecule has 1 amide bonds. The van der Waals surface area contributed by atoms with E-state index in [1.54, 1.807) is 37.0 Å². The number of ether oxygens (including phenoxy) is 3. The fourth-order valence-corrected chi connectivity index (χ4v) is 2.82. The summed E-state index contributed by atoms with van der Waals surface area (Å²) in [5, 5.41) is 4.33. The highest BCUT2D eigenvalue weighted by Crippen LogP contribution is 2.21. The van der Waals surface area contributed by atoms with E-state index in [0.717, 1.165) is 12.2 Å². The van der Waals surface area contributed by atoms with Gasteiger partial charge in [0, 0.05) is 34.0 Å². The Labute approximate surface area is 131 Å². The molecule has 0 aromatic carbocycles. The van der Waals surface area contributed by atoms with Gasteiger partial charge in [-0.05, 0) is 13.8 Å². The molecule has 1 aromatic heterocycles. The van der Waals surface area contributed by atoms with Crippen molar-refractivity contribution >= 4 is 5.91 Å². The molecule has 0 radical (unpaired) electrons. The van der Waals surface area contributed by atoms with Crippen LogP contribution >= 0.6 is 0 Å². The highest BCUT2D eigenvalue weighted by Gasteiger charge is 2.39. The lowest BCUT2D eigenvalue weighted by Gasteiger charge is -2.40. The molecular formula is C15H25N3O4. The molecule has 7 nitrogen and oxygen atoms in total. The van der Waals surface area contributed by atoms with Gasteiger partial charge in [-0.3, -0.25) is 9.48 Å². The topological polar surface area (TPSA) is 65.8 Å². The van der Waals surface area contributed by atoms with E-state index in [1.165, 1.54) is 0 Å². The van der Waals surface area contributed by atoms with Crippen LogP contribution in [0.2, 0.25) is 0 Å². The molecule has 2 rings (SSSR count). The first kappa shape index (κ1) is 16.9. The van der Waals surface area contributed by atoms with Gasteiger partial charge in [-0.25, -0.2) is 0 Å². The zero-order chi connectivity index (χ0) is 16.3. The molecule has 0 aliphatic carbocycles. The lowest BCUT2D eigenvalue weighted by Crippen LogP contribution is -2.57. The number of carbonyl (C=O) groups is 1. The van der Waals surface area contributed by atoms with Gasteiger partial charge in [-0.2, -0.15) is 5.10 Å². The van der Waals surface area contributed by atoms with E-state index in [-0.39, 0.29) is 24.2 Å². The minimum Gasteiger partial charge on any atom is -0.376 e. The van der Waals surface area contributed by atoms with Gasteiger partial charge in [0.25, 0.3) is 5.91 Å². The van der Waals surface area contributed by atoms with E-state index in [9.17, 15) is 4.79 Å². The van der Waals surface area contributed by atoms with Crippen molar-refractivity contribution in [3.63, 3.8) is 0 Å². The predicted octanol–water partition coefficient (Wildman–Crippen LogP) is 0.712. The smallest absolute Gasteiger partial charge is 0.257 e. The predicted molar refractivity (Wildman–Crippen MR) is 80.9 cm³/mol. The lowest BCUT2D eigenvalue weighted by atomic mass is 10.0. The molecule has 1 aliphatic heterocycles. The van der Waals surface area contributed by atoms with Crippen molar-refractivity contribution in [1.29, 1.82) is 0 Å². The fraction of sp³-hybridized carbons (Fsp3) is 0.733. The number of hydrogen-bond donors (Lipinski definition) is 0. The Bertz CT molecular complexity index is 517. The molecule has 2 heterocycles. The summed E-state index contributed by atoms with van der Waals surface area (Å²) in [5.41, 5.74) is 1.34. The van der Waals surface area contributed by atoms with E-state index < -0.39 is 0 Å². The summed E-state index contributed by atoms with van der Waals surface area (Å²) in [6, 6.07) is -0.194. The molecule has 22 heavy (non-hydrogen) atoms. The van der Waals surface area contributed by atoms with Gasteiger partial charge < -0.3 is 19.1 Å². The van der Waals surface area contributed by atoms with Crippen molar-refractivity contribution in [3.05, 3.63) is 17.5 Å². The Morgan fingerprint density at radius 3 is 2.73 bits per heavy atom. The summed E-state index contributed by atoms with van der Waals surface area (Å²) in [6.45, 7) is 5.47. The highest BCUT2D eigenvalue weighted by atomic mass is 16.6. The van der Waals surface area contributed by atoms with Crippen LogP contribution in [-0.4, -0.2) is 73.3 Å². The van der Waals surface area contributed by atoms with Gasteiger partial charge in [-0.1, -0.05) is 0 Å². The van der Waals surface area contributed by atoms with Crippen LogP contribution in [0.4, 0.5) is 0 Å². The van der Waals surface area contributed by atoms with Gasteiger partial charge in [-0.15, -0.1) is 0 Å². The van der Waals surface area contributed by atoms with E-state index in [0.29, 0.717) is 18.8 Å². The number of amides is 1. The van der Waals surface area contributed by atoms with Crippen LogP contribution in [0.25, 0.3) is 0 Å². The monoisotopic (exact) mass is 311 g/mol. The van der Waals surface area contributed by atoms with Crippen LogP contribution in [0.3, 0.4) is 0 Å². The summed E-state index contributed by atoms with van der Waals surface area (Å²) < 4.78 is 18.3. The minimum atomic E-state index is -0.214. The molecule has 1 fully saturated rings. The van der Waals surface area contributed by atoms with E-state index >= 15 is 0 Å². The van der Waals surface area contributed by atoms with E-state index in [4.69, 9.17) is 14.2 Å². The van der Waals surface area contributed by atoms with Crippen LogP contribution in [-0.2, 0) is 20.8 Å². The average molecular weight is 311 g/mol. The zero-order valence-electron chi connectivity index (χ0n) is 13.9.